The Kier molecular flexibility index (Phi) is 3.22. The molecule has 0 aliphatic heterocycles. The molecule has 1 amide bonds. The highest BCUT2D eigenvalue weighted by molar-refractivity contribution is 8.14. The Hall–Kier alpha value is -0.850. The van der Waals surface area contributed by atoms with Crippen molar-refractivity contribution in [1.29, 1.82) is 0 Å². The first-order valence-electron chi connectivity index (χ1n) is 4.13. The summed E-state index contributed by atoms with van der Waals surface area (Å²) in [5.41, 5.74) is 4.59. The van der Waals surface area contributed by atoms with Gasteiger partial charge in [-0.05, 0) is 12.2 Å². The van der Waals surface area contributed by atoms with Gasteiger partial charge in [0.05, 0.1) is 0 Å². The Labute approximate surface area is 92.4 Å². The highest BCUT2D eigenvalue weighted by atomic mass is 35.7. The first-order chi connectivity index (χ1) is 6.73. The normalized spacial score (nSPS) is 30.2. The monoisotopic (exact) mass is 250 g/mol. The van der Waals surface area contributed by atoms with Gasteiger partial charge in [0, 0.05) is 17.6 Å². The summed E-state index contributed by atoms with van der Waals surface area (Å²) < 4.78 is 21.9. The minimum atomic E-state index is -3.67. The quantitative estimate of drug-likeness (QED) is 0.405. The standard InChI is InChI=1S/C8H11ClN2O3S/c1-6(12)11-8(10)4-2-7(3-5-8)15(9,13)14/h2-5,7H,10H2,1H3,(H,11,12). The van der Waals surface area contributed by atoms with Gasteiger partial charge in [0.1, 0.15) is 10.9 Å². The van der Waals surface area contributed by atoms with E-state index in [0.29, 0.717) is 0 Å². The van der Waals surface area contributed by atoms with E-state index in [1.807, 2.05) is 0 Å². The second-order valence-electron chi connectivity index (χ2n) is 3.27. The Bertz CT molecular complexity index is 413. The summed E-state index contributed by atoms with van der Waals surface area (Å²) in [6.07, 6.45) is 5.44. The summed E-state index contributed by atoms with van der Waals surface area (Å²) >= 11 is 0. The number of hydrogen-bond acceptors (Lipinski definition) is 4. The second kappa shape index (κ2) is 3.96. The van der Waals surface area contributed by atoms with Crippen molar-refractivity contribution in [2.24, 2.45) is 5.73 Å². The number of carbonyl (C=O) groups is 1. The minimum Gasteiger partial charge on any atom is -0.332 e. The molecule has 0 radical (unpaired) electrons. The molecule has 0 heterocycles. The lowest BCUT2D eigenvalue weighted by Crippen LogP contribution is -2.53. The number of nitrogens with one attached hydrogen (secondary N) is 1. The van der Waals surface area contributed by atoms with Gasteiger partial charge in [-0.3, -0.25) is 4.79 Å². The molecule has 0 bridgehead atoms. The van der Waals surface area contributed by atoms with Crippen LogP contribution in [0.25, 0.3) is 0 Å². The third kappa shape index (κ3) is 3.33. The molecule has 0 aromatic heterocycles. The molecule has 0 aromatic carbocycles. The van der Waals surface area contributed by atoms with Crippen molar-refractivity contribution < 1.29 is 13.2 Å². The van der Waals surface area contributed by atoms with Crippen molar-refractivity contribution in [3.8, 4) is 0 Å². The van der Waals surface area contributed by atoms with E-state index in [-0.39, 0.29) is 5.91 Å². The number of halogens is 1. The molecule has 0 saturated heterocycles. The summed E-state index contributed by atoms with van der Waals surface area (Å²) in [6, 6.07) is 0. The van der Waals surface area contributed by atoms with E-state index in [2.05, 4.69) is 5.32 Å². The molecule has 1 rings (SSSR count). The van der Waals surface area contributed by atoms with Gasteiger partial charge < -0.3 is 11.1 Å². The third-order valence-electron chi connectivity index (χ3n) is 1.84. The summed E-state index contributed by atoms with van der Waals surface area (Å²) in [5, 5.41) is 1.56. The van der Waals surface area contributed by atoms with Crippen molar-refractivity contribution in [3.63, 3.8) is 0 Å². The number of rotatable bonds is 2. The number of carbonyl (C=O) groups excluding carboxylic acids is 1. The molecule has 3 N–H and O–H groups in total. The fourth-order valence-electron chi connectivity index (χ4n) is 1.20. The minimum absolute atomic E-state index is 0.306. The fourth-order valence-corrected chi connectivity index (χ4v) is 2.09. The van der Waals surface area contributed by atoms with Crippen molar-refractivity contribution in [1.82, 2.24) is 5.32 Å². The molecule has 15 heavy (non-hydrogen) atoms. The number of amides is 1. The molecule has 84 valence electrons. The summed E-state index contributed by atoms with van der Waals surface area (Å²) in [7, 11) is 1.48. The third-order valence-corrected chi connectivity index (χ3v) is 3.42. The maximum absolute atomic E-state index is 11.0. The van der Waals surface area contributed by atoms with Crippen LogP contribution in [0.1, 0.15) is 6.92 Å². The smallest absolute Gasteiger partial charge is 0.242 e. The van der Waals surface area contributed by atoms with Crippen LogP contribution in [0.5, 0.6) is 0 Å². The number of hydrogen-bond donors (Lipinski definition) is 2. The van der Waals surface area contributed by atoms with E-state index in [9.17, 15) is 13.2 Å². The molecule has 0 spiro atoms. The zero-order chi connectivity index (χ0) is 11.7. The van der Waals surface area contributed by atoms with Crippen LogP contribution in [-0.4, -0.2) is 25.2 Å². The van der Waals surface area contributed by atoms with Gasteiger partial charge in [-0.15, -0.1) is 0 Å². The predicted molar refractivity (Wildman–Crippen MR) is 57.6 cm³/mol. The molecule has 0 atom stereocenters. The molecule has 1 aliphatic rings. The summed E-state index contributed by atoms with van der Waals surface area (Å²) in [6.45, 7) is 1.32. The van der Waals surface area contributed by atoms with E-state index in [1.54, 1.807) is 0 Å². The average Bonchev–Trinajstić information content (AvgIpc) is 2.00. The van der Waals surface area contributed by atoms with Crippen LogP contribution in [-0.2, 0) is 13.8 Å². The van der Waals surface area contributed by atoms with Gasteiger partial charge >= 0.3 is 0 Å². The van der Waals surface area contributed by atoms with Gasteiger partial charge in [0.2, 0.25) is 15.0 Å². The topological polar surface area (TPSA) is 89.3 Å². The SMILES string of the molecule is CC(=O)NC1(N)C=CC(S(=O)(=O)Cl)C=C1. The molecule has 0 unspecified atom stereocenters. The van der Waals surface area contributed by atoms with Crippen molar-refractivity contribution in [2.45, 2.75) is 17.8 Å². The molecule has 0 aromatic rings. The average molecular weight is 251 g/mol. The van der Waals surface area contributed by atoms with Crippen LogP contribution in [0.3, 0.4) is 0 Å². The van der Waals surface area contributed by atoms with Crippen LogP contribution >= 0.6 is 10.7 Å². The Morgan fingerprint density at radius 3 is 2.27 bits per heavy atom. The molecular weight excluding hydrogens is 240 g/mol. The van der Waals surface area contributed by atoms with Crippen molar-refractivity contribution in [2.75, 3.05) is 0 Å². The zero-order valence-corrected chi connectivity index (χ0v) is 9.55. The maximum Gasteiger partial charge on any atom is 0.242 e. The Morgan fingerprint density at radius 2 is 1.93 bits per heavy atom. The van der Waals surface area contributed by atoms with E-state index in [0.717, 1.165) is 0 Å². The zero-order valence-electron chi connectivity index (χ0n) is 7.98. The Balaban J connectivity index is 2.84. The van der Waals surface area contributed by atoms with Crippen molar-refractivity contribution >= 4 is 25.6 Å². The first kappa shape index (κ1) is 12.2. The van der Waals surface area contributed by atoms with Gasteiger partial charge in [-0.25, -0.2) is 8.42 Å². The molecule has 5 nitrogen and oxygen atoms in total. The number of nitrogens with two attached hydrogens (primary N) is 1. The van der Waals surface area contributed by atoms with Crippen LogP contribution in [0.4, 0.5) is 0 Å². The van der Waals surface area contributed by atoms with Crippen LogP contribution in [0.15, 0.2) is 24.3 Å². The highest BCUT2D eigenvalue weighted by Gasteiger charge is 2.27. The van der Waals surface area contributed by atoms with Crippen LogP contribution in [0, 0.1) is 0 Å². The van der Waals surface area contributed by atoms with E-state index < -0.39 is 20.0 Å². The highest BCUT2D eigenvalue weighted by Crippen LogP contribution is 2.18. The summed E-state index contributed by atoms with van der Waals surface area (Å²) in [5.74, 6) is -0.306. The summed E-state index contributed by atoms with van der Waals surface area (Å²) in [4.78, 5) is 10.8. The first-order valence-corrected chi connectivity index (χ1v) is 6.50. The predicted octanol–water partition coefficient (Wildman–Crippen LogP) is -0.159. The molecule has 1 aliphatic carbocycles. The van der Waals surface area contributed by atoms with E-state index >= 15 is 0 Å². The Morgan fingerprint density at radius 1 is 1.47 bits per heavy atom. The maximum atomic E-state index is 11.0. The van der Waals surface area contributed by atoms with E-state index in [1.165, 1.54) is 31.2 Å². The van der Waals surface area contributed by atoms with Crippen molar-refractivity contribution in [3.05, 3.63) is 24.3 Å². The molecule has 7 heteroatoms. The van der Waals surface area contributed by atoms with Crippen LogP contribution in [0.2, 0.25) is 0 Å². The molecule has 0 saturated carbocycles. The lowest BCUT2D eigenvalue weighted by atomic mass is 10.0. The largest absolute Gasteiger partial charge is 0.332 e. The van der Waals surface area contributed by atoms with Gasteiger partial charge in [-0.2, -0.15) is 0 Å². The van der Waals surface area contributed by atoms with Crippen LogP contribution < -0.4 is 11.1 Å². The molecular formula is C8H11ClN2O3S. The van der Waals surface area contributed by atoms with E-state index in [4.69, 9.17) is 16.4 Å². The lowest BCUT2D eigenvalue weighted by Gasteiger charge is -2.26. The van der Waals surface area contributed by atoms with Gasteiger partial charge in [0.25, 0.3) is 0 Å². The van der Waals surface area contributed by atoms with Gasteiger partial charge in [-0.1, -0.05) is 12.2 Å². The fraction of sp³-hybridized carbons (Fsp3) is 0.375. The van der Waals surface area contributed by atoms with Gasteiger partial charge in [0.15, 0.2) is 0 Å². The molecule has 0 fully saturated rings. The second-order valence-corrected chi connectivity index (χ2v) is 6.06. The lowest BCUT2D eigenvalue weighted by molar-refractivity contribution is -0.119.